The van der Waals surface area contributed by atoms with E-state index < -0.39 is 11.9 Å². The summed E-state index contributed by atoms with van der Waals surface area (Å²) >= 11 is 11.6. The third kappa shape index (κ3) is 27.4. The van der Waals surface area contributed by atoms with Crippen molar-refractivity contribution < 1.29 is 19.8 Å². The molecule has 0 saturated heterocycles. The summed E-state index contributed by atoms with van der Waals surface area (Å²) < 4.78 is 0. The molecule has 0 fully saturated rings. The van der Waals surface area contributed by atoms with Crippen LogP contribution in [0.3, 0.4) is 0 Å². The zero-order chi connectivity index (χ0) is 17.4. The largest absolute Gasteiger partial charge is 2.00 e. The predicted molar refractivity (Wildman–Crippen MR) is 92.4 cm³/mol. The van der Waals surface area contributed by atoms with E-state index in [0.29, 0.717) is 12.8 Å². The Labute approximate surface area is 178 Å². The first kappa shape index (κ1) is 28.1. The van der Waals surface area contributed by atoms with Crippen molar-refractivity contribution in [2.75, 3.05) is 0 Å². The summed E-state index contributed by atoms with van der Waals surface area (Å²) in [5.41, 5.74) is 0. The molecule has 7 heteroatoms. The molecular weight excluding hydrogens is 367 g/mol. The van der Waals surface area contributed by atoms with Crippen molar-refractivity contribution in [2.45, 2.75) is 63.1 Å². The minimum Gasteiger partial charge on any atom is -0.545 e. The molecule has 4 nitrogen and oxygen atoms in total. The third-order valence-corrected chi connectivity index (χ3v) is 3.29. The van der Waals surface area contributed by atoms with Gasteiger partial charge < -0.3 is 19.8 Å². The van der Waals surface area contributed by atoms with Gasteiger partial charge in [-0.3, -0.25) is 0 Å². The number of hydrogen-bond acceptors (Lipinski definition) is 4. The molecule has 23 heavy (non-hydrogen) atoms. The fraction of sp³-hybridized carbons (Fsp3) is 0.625. The van der Waals surface area contributed by atoms with Gasteiger partial charge in [0, 0.05) is 10.8 Å². The zero-order valence-electron chi connectivity index (χ0n) is 13.8. The smallest absolute Gasteiger partial charge is 0.545 e. The summed E-state index contributed by atoms with van der Waals surface area (Å²) in [6.45, 7) is 4.08. The molecule has 0 bridgehead atoms. The second-order valence-corrected chi connectivity index (χ2v) is 5.92. The van der Waals surface area contributed by atoms with Crippen molar-refractivity contribution in [2.24, 2.45) is 0 Å². The summed E-state index contributed by atoms with van der Waals surface area (Å²) in [6, 6.07) is 0. The fourth-order valence-corrected chi connectivity index (χ4v) is 2.13. The van der Waals surface area contributed by atoms with Gasteiger partial charge in [-0.15, -0.1) is 23.2 Å². The molecule has 2 atom stereocenters. The predicted octanol–water partition coefficient (Wildman–Crippen LogP) is 1.80. The molecule has 2 unspecified atom stereocenters. The van der Waals surface area contributed by atoms with E-state index >= 15 is 0 Å². The summed E-state index contributed by atoms with van der Waals surface area (Å²) in [6.07, 6.45) is 10.2. The van der Waals surface area contributed by atoms with E-state index in [1.54, 1.807) is 0 Å². The second-order valence-electron chi connectivity index (χ2n) is 4.69. The minimum absolute atomic E-state index is 0. The van der Waals surface area contributed by atoms with Gasteiger partial charge in [0.2, 0.25) is 0 Å². The molecular formula is C16H24CaCl2O4. The van der Waals surface area contributed by atoms with Crippen LogP contribution < -0.4 is 10.2 Å². The Morgan fingerprint density at radius 2 is 1.17 bits per heavy atom. The van der Waals surface area contributed by atoms with E-state index in [1.165, 1.54) is 12.2 Å². The van der Waals surface area contributed by atoms with Crippen LogP contribution in [-0.2, 0) is 9.59 Å². The first-order valence-corrected chi connectivity index (χ1v) is 8.23. The summed E-state index contributed by atoms with van der Waals surface area (Å²) in [5.74, 6) is -2.32. The molecule has 0 aromatic carbocycles. The van der Waals surface area contributed by atoms with Crippen molar-refractivity contribution in [3.8, 4) is 0 Å². The maximum absolute atomic E-state index is 9.90. The van der Waals surface area contributed by atoms with Gasteiger partial charge in [-0.1, -0.05) is 38.8 Å². The van der Waals surface area contributed by atoms with Gasteiger partial charge in [-0.05, 0) is 37.8 Å². The van der Waals surface area contributed by atoms with E-state index in [-0.39, 0.29) is 48.5 Å². The van der Waals surface area contributed by atoms with Gasteiger partial charge in [-0.25, -0.2) is 0 Å². The number of hydrogen-bond donors (Lipinski definition) is 0. The molecule has 0 spiro atoms. The van der Waals surface area contributed by atoms with Crippen molar-refractivity contribution in [1.82, 2.24) is 0 Å². The number of carboxylic acids is 2. The fourth-order valence-electron chi connectivity index (χ4n) is 1.49. The quantitative estimate of drug-likeness (QED) is 0.323. The molecule has 0 heterocycles. The average Bonchev–Trinajstić information content (AvgIpc) is 2.39. The average molecular weight is 391 g/mol. The van der Waals surface area contributed by atoms with Crippen LogP contribution in [0.1, 0.15) is 52.4 Å². The Hall–Kier alpha value is 0.260. The normalized spacial score (nSPS) is 13.0. The summed E-state index contributed by atoms with van der Waals surface area (Å²) in [4.78, 5) is 19.8. The molecule has 0 aliphatic heterocycles. The SMILES string of the molecule is CCCC(Cl)C/C=C/C(=O)[O-].CCCC(Cl)C/C=C/C(=O)[O-].[Ca+2]. The molecule has 0 rings (SSSR count). The second kappa shape index (κ2) is 20.3. The van der Waals surface area contributed by atoms with Gasteiger partial charge in [0.05, 0.1) is 11.9 Å². The number of halogens is 2. The van der Waals surface area contributed by atoms with Crippen molar-refractivity contribution in [3.05, 3.63) is 24.3 Å². The number of carbonyl (C=O) groups excluding carboxylic acids is 2. The van der Waals surface area contributed by atoms with Gasteiger partial charge in [0.25, 0.3) is 0 Å². The Balaban J connectivity index is -0.000000333. The van der Waals surface area contributed by atoms with E-state index in [1.807, 2.05) is 13.8 Å². The van der Waals surface area contributed by atoms with Crippen LogP contribution in [0, 0.1) is 0 Å². The van der Waals surface area contributed by atoms with Crippen LogP contribution in [0.2, 0.25) is 0 Å². The summed E-state index contributed by atoms with van der Waals surface area (Å²) in [5, 5.41) is 19.9. The molecule has 0 aliphatic carbocycles. The topological polar surface area (TPSA) is 80.3 Å². The number of rotatable bonds is 10. The van der Waals surface area contributed by atoms with Crippen LogP contribution in [0.15, 0.2) is 24.3 Å². The van der Waals surface area contributed by atoms with E-state index in [0.717, 1.165) is 37.8 Å². The maximum atomic E-state index is 9.90. The van der Waals surface area contributed by atoms with E-state index in [2.05, 4.69) is 0 Å². The summed E-state index contributed by atoms with van der Waals surface area (Å²) in [7, 11) is 0. The van der Waals surface area contributed by atoms with Crippen LogP contribution in [0.5, 0.6) is 0 Å². The molecule has 0 aromatic rings. The maximum Gasteiger partial charge on any atom is 2.00 e. The van der Waals surface area contributed by atoms with E-state index in [4.69, 9.17) is 23.2 Å². The first-order chi connectivity index (χ1) is 10.3. The molecule has 0 radical (unpaired) electrons. The molecule has 0 saturated carbocycles. The van der Waals surface area contributed by atoms with Gasteiger partial charge in [0.15, 0.2) is 0 Å². The Morgan fingerprint density at radius 3 is 1.39 bits per heavy atom. The van der Waals surface area contributed by atoms with Crippen molar-refractivity contribution in [1.29, 1.82) is 0 Å². The van der Waals surface area contributed by atoms with Gasteiger partial charge >= 0.3 is 37.7 Å². The van der Waals surface area contributed by atoms with Crippen LogP contribution >= 0.6 is 23.2 Å². The third-order valence-electron chi connectivity index (χ3n) is 2.50. The number of alkyl halides is 2. The molecule has 0 aromatic heterocycles. The van der Waals surface area contributed by atoms with Crippen LogP contribution in [0.4, 0.5) is 0 Å². The number of carbonyl (C=O) groups is 2. The zero-order valence-corrected chi connectivity index (χ0v) is 17.5. The Bertz CT molecular complexity index is 326. The Kier molecular flexibility index (Phi) is 24.8. The Morgan fingerprint density at radius 1 is 0.870 bits per heavy atom. The van der Waals surface area contributed by atoms with Crippen molar-refractivity contribution >= 4 is 72.9 Å². The minimum atomic E-state index is -1.16. The van der Waals surface area contributed by atoms with Gasteiger partial charge in [0.1, 0.15) is 0 Å². The molecule has 0 N–H and O–H groups in total. The number of carboxylic acid groups (broad SMARTS) is 2. The van der Waals surface area contributed by atoms with Gasteiger partial charge in [-0.2, -0.15) is 0 Å². The van der Waals surface area contributed by atoms with Crippen molar-refractivity contribution in [3.63, 3.8) is 0 Å². The number of aliphatic carboxylic acids is 2. The standard InChI is InChI=1S/2C8H13ClO2.Ca/c2*1-2-4-7(9)5-3-6-8(10)11;/h2*3,6-7H,2,4-5H2,1H3,(H,10,11);/q;;+2/p-2/b2*6-3+;. The van der Waals surface area contributed by atoms with Crippen LogP contribution in [0.25, 0.3) is 0 Å². The number of allylic oxidation sites excluding steroid dienone is 2. The molecule has 0 aliphatic rings. The van der Waals surface area contributed by atoms with E-state index in [9.17, 15) is 19.8 Å². The molecule has 128 valence electrons. The molecule has 0 amide bonds. The monoisotopic (exact) mass is 390 g/mol. The van der Waals surface area contributed by atoms with Crippen LogP contribution in [-0.4, -0.2) is 60.4 Å². The first-order valence-electron chi connectivity index (χ1n) is 7.36.